The summed E-state index contributed by atoms with van der Waals surface area (Å²) in [4.78, 5) is 12.1. The van der Waals surface area contributed by atoms with Crippen molar-refractivity contribution in [1.29, 1.82) is 0 Å². The number of hydrogen-bond donors (Lipinski definition) is 2. The number of hydrogen-bond acceptors (Lipinski definition) is 2. The maximum atomic E-state index is 13.1. The molecule has 0 aliphatic carbocycles. The Balaban J connectivity index is 2.17. The van der Waals surface area contributed by atoms with Gasteiger partial charge in [0, 0.05) is 11.0 Å². The highest BCUT2D eigenvalue weighted by Gasteiger charge is 2.30. The molecule has 0 bridgehead atoms. The van der Waals surface area contributed by atoms with Crippen molar-refractivity contribution in [3.05, 3.63) is 27.4 Å². The molecule has 1 fully saturated rings. The first kappa shape index (κ1) is 13.8. The Morgan fingerprint density at radius 1 is 1.56 bits per heavy atom. The zero-order valence-electron chi connectivity index (χ0n) is 9.77. The molecule has 1 aliphatic rings. The van der Waals surface area contributed by atoms with E-state index in [1.165, 1.54) is 12.1 Å². The van der Waals surface area contributed by atoms with E-state index < -0.39 is 5.82 Å². The van der Waals surface area contributed by atoms with Crippen molar-refractivity contribution < 1.29 is 9.18 Å². The van der Waals surface area contributed by atoms with Gasteiger partial charge in [-0.2, -0.15) is 0 Å². The second-order valence-corrected chi connectivity index (χ2v) is 5.74. The Bertz CT molecular complexity index is 460. The zero-order chi connectivity index (χ0) is 13.3. The van der Waals surface area contributed by atoms with E-state index in [4.69, 9.17) is 11.6 Å². The number of carbonyl (C=O) groups is 1. The van der Waals surface area contributed by atoms with E-state index in [1.54, 1.807) is 0 Å². The van der Waals surface area contributed by atoms with Crippen molar-refractivity contribution in [3.63, 3.8) is 0 Å². The molecule has 1 aliphatic heterocycles. The van der Waals surface area contributed by atoms with E-state index in [9.17, 15) is 9.18 Å². The molecule has 2 rings (SSSR count). The van der Waals surface area contributed by atoms with Gasteiger partial charge < -0.3 is 10.6 Å². The molecule has 0 saturated carbocycles. The van der Waals surface area contributed by atoms with Crippen LogP contribution < -0.4 is 10.6 Å². The monoisotopic (exact) mass is 334 g/mol. The Morgan fingerprint density at radius 2 is 2.28 bits per heavy atom. The largest absolute Gasteiger partial charge is 0.324 e. The molecule has 2 N–H and O–H groups in total. The summed E-state index contributed by atoms with van der Waals surface area (Å²) in [5.74, 6) is -0.344. The van der Waals surface area contributed by atoms with Crippen LogP contribution in [0.5, 0.6) is 0 Å². The van der Waals surface area contributed by atoms with Crippen LogP contribution in [0.4, 0.5) is 10.1 Å². The second-order valence-electron chi connectivity index (χ2n) is 4.48. The summed E-state index contributed by atoms with van der Waals surface area (Å²) in [7, 11) is 0. The van der Waals surface area contributed by atoms with E-state index in [2.05, 4.69) is 26.6 Å². The molecular weight excluding hydrogens is 322 g/mol. The van der Waals surface area contributed by atoms with Crippen LogP contribution in [0.3, 0.4) is 0 Å². The third-order valence-corrected chi connectivity index (χ3v) is 4.03. The highest BCUT2D eigenvalue weighted by molar-refractivity contribution is 9.10. The van der Waals surface area contributed by atoms with Crippen LogP contribution in [0, 0.1) is 17.7 Å². The lowest BCUT2D eigenvalue weighted by atomic mass is 9.97. The van der Waals surface area contributed by atoms with Crippen LogP contribution in [0.1, 0.15) is 6.92 Å². The number of anilines is 1. The quantitative estimate of drug-likeness (QED) is 0.872. The molecule has 0 aromatic heterocycles. The minimum Gasteiger partial charge on any atom is -0.324 e. The van der Waals surface area contributed by atoms with E-state index in [0.29, 0.717) is 16.7 Å². The average molecular weight is 336 g/mol. The molecule has 6 heteroatoms. The third kappa shape index (κ3) is 2.84. The molecule has 98 valence electrons. The lowest BCUT2D eigenvalue weighted by Crippen LogP contribution is -2.28. The summed E-state index contributed by atoms with van der Waals surface area (Å²) in [6, 6.07) is 2.45. The summed E-state index contributed by atoms with van der Waals surface area (Å²) >= 11 is 9.12. The van der Waals surface area contributed by atoms with Gasteiger partial charge in [0.05, 0.1) is 16.6 Å². The van der Waals surface area contributed by atoms with Gasteiger partial charge in [-0.25, -0.2) is 4.39 Å². The average Bonchev–Trinajstić information content (AvgIpc) is 2.69. The number of rotatable bonds is 2. The molecule has 1 amide bonds. The molecule has 2 atom stereocenters. The summed E-state index contributed by atoms with van der Waals surface area (Å²) < 4.78 is 13.5. The topological polar surface area (TPSA) is 41.1 Å². The van der Waals surface area contributed by atoms with Crippen molar-refractivity contribution in [1.82, 2.24) is 5.32 Å². The van der Waals surface area contributed by atoms with Crippen LogP contribution in [0.15, 0.2) is 16.6 Å². The number of amides is 1. The van der Waals surface area contributed by atoms with Crippen molar-refractivity contribution in [2.75, 3.05) is 18.4 Å². The molecule has 0 spiro atoms. The SMILES string of the molecule is C[C@@H]1CNC[C@H]1C(=O)Nc1c(Cl)cc(F)cc1Br. The summed E-state index contributed by atoms with van der Waals surface area (Å²) in [6.07, 6.45) is 0. The Labute approximate surface area is 118 Å². The van der Waals surface area contributed by atoms with E-state index in [1.807, 2.05) is 6.92 Å². The summed E-state index contributed by atoms with van der Waals surface area (Å²) in [6.45, 7) is 3.51. The van der Waals surface area contributed by atoms with Crippen LogP contribution in [-0.2, 0) is 4.79 Å². The van der Waals surface area contributed by atoms with Crippen LogP contribution in [-0.4, -0.2) is 19.0 Å². The summed E-state index contributed by atoms with van der Waals surface area (Å²) in [5, 5.41) is 6.10. The first-order valence-corrected chi connectivity index (χ1v) is 6.82. The molecular formula is C12H13BrClFN2O. The lowest BCUT2D eigenvalue weighted by Gasteiger charge is -2.16. The predicted octanol–water partition coefficient (Wildman–Crippen LogP) is 3.04. The maximum Gasteiger partial charge on any atom is 0.229 e. The molecule has 1 heterocycles. The maximum absolute atomic E-state index is 13.1. The third-order valence-electron chi connectivity index (χ3n) is 3.11. The number of benzene rings is 1. The minimum absolute atomic E-state index is 0.0852. The van der Waals surface area contributed by atoms with Gasteiger partial charge in [0.15, 0.2) is 0 Å². The molecule has 3 nitrogen and oxygen atoms in total. The van der Waals surface area contributed by atoms with Crippen molar-refractivity contribution in [2.45, 2.75) is 6.92 Å². The van der Waals surface area contributed by atoms with E-state index in [0.717, 1.165) is 6.54 Å². The van der Waals surface area contributed by atoms with Crippen LogP contribution >= 0.6 is 27.5 Å². The Hall–Kier alpha value is -0.650. The van der Waals surface area contributed by atoms with Crippen LogP contribution in [0.2, 0.25) is 5.02 Å². The fourth-order valence-electron chi connectivity index (χ4n) is 2.04. The smallest absolute Gasteiger partial charge is 0.229 e. The molecule has 1 saturated heterocycles. The number of carbonyl (C=O) groups excluding carboxylic acids is 1. The van der Waals surface area contributed by atoms with Crippen molar-refractivity contribution in [3.8, 4) is 0 Å². The highest BCUT2D eigenvalue weighted by Crippen LogP contribution is 2.32. The van der Waals surface area contributed by atoms with Crippen LogP contribution in [0.25, 0.3) is 0 Å². The fraction of sp³-hybridized carbons (Fsp3) is 0.417. The van der Waals surface area contributed by atoms with Crippen molar-refractivity contribution in [2.24, 2.45) is 11.8 Å². The fourth-order valence-corrected chi connectivity index (χ4v) is 2.94. The first-order valence-electron chi connectivity index (χ1n) is 5.65. The molecule has 1 aromatic rings. The van der Waals surface area contributed by atoms with Gasteiger partial charge in [-0.05, 0) is 40.5 Å². The Morgan fingerprint density at radius 3 is 2.83 bits per heavy atom. The number of nitrogens with one attached hydrogen (secondary N) is 2. The van der Waals surface area contributed by atoms with E-state index >= 15 is 0 Å². The van der Waals surface area contributed by atoms with Gasteiger partial charge >= 0.3 is 0 Å². The summed E-state index contributed by atoms with van der Waals surface area (Å²) in [5.41, 5.74) is 0.419. The van der Waals surface area contributed by atoms with Gasteiger partial charge in [0.1, 0.15) is 5.82 Å². The Kier molecular flexibility index (Phi) is 4.25. The van der Waals surface area contributed by atoms with Gasteiger partial charge in [0.2, 0.25) is 5.91 Å². The molecule has 0 radical (unpaired) electrons. The molecule has 1 aromatic carbocycles. The number of halogens is 3. The zero-order valence-corrected chi connectivity index (χ0v) is 12.1. The second kappa shape index (κ2) is 5.55. The molecule has 0 unspecified atom stereocenters. The predicted molar refractivity (Wildman–Crippen MR) is 73.3 cm³/mol. The van der Waals surface area contributed by atoms with Crippen molar-refractivity contribution >= 4 is 39.1 Å². The minimum atomic E-state index is -0.444. The van der Waals surface area contributed by atoms with Gasteiger partial charge in [-0.3, -0.25) is 4.79 Å². The highest BCUT2D eigenvalue weighted by atomic mass is 79.9. The normalized spacial score (nSPS) is 23.1. The first-order chi connectivity index (χ1) is 8.49. The molecule has 18 heavy (non-hydrogen) atoms. The lowest BCUT2D eigenvalue weighted by molar-refractivity contribution is -0.120. The van der Waals surface area contributed by atoms with E-state index in [-0.39, 0.29) is 22.8 Å². The standard InChI is InChI=1S/C12H13BrClFN2O/c1-6-4-16-5-8(6)12(18)17-11-9(13)2-7(15)3-10(11)14/h2-3,6,8,16H,4-5H2,1H3,(H,17,18)/t6-,8-/m1/s1. The van der Waals surface area contributed by atoms with Gasteiger partial charge in [0.25, 0.3) is 0 Å². The van der Waals surface area contributed by atoms with Gasteiger partial charge in [-0.15, -0.1) is 0 Å². The van der Waals surface area contributed by atoms with Gasteiger partial charge in [-0.1, -0.05) is 18.5 Å².